The van der Waals surface area contributed by atoms with Gasteiger partial charge in [0, 0.05) is 10.8 Å². The Kier molecular flexibility index (Phi) is 3.80. The molecule has 0 heterocycles. The first-order chi connectivity index (χ1) is 10.4. The van der Waals surface area contributed by atoms with E-state index in [2.05, 4.69) is 36.4 Å². The zero-order chi connectivity index (χ0) is 14.1. The Morgan fingerprint density at radius 3 is 1.36 bits per heavy atom. The average Bonchev–Trinajstić information content (AvgIpc) is 2.56. The average molecular weight is 286 g/mol. The van der Waals surface area contributed by atoms with Crippen LogP contribution in [0.1, 0.15) is 7.43 Å². The zero-order valence-corrected chi connectivity index (χ0v) is 11.5. The van der Waals surface area contributed by atoms with Crippen molar-refractivity contribution in [1.82, 2.24) is 0 Å². The Hall–Kier alpha value is -2.80. The van der Waals surface area contributed by atoms with Crippen molar-refractivity contribution in [2.75, 3.05) is 0 Å². The SMILES string of the molecule is C.c1ccc2c(Oc3cccc4ccccc34)cccc2c1. The molecule has 108 valence electrons. The molecule has 0 aliphatic heterocycles. The van der Waals surface area contributed by atoms with Crippen LogP contribution in [0.4, 0.5) is 0 Å². The van der Waals surface area contributed by atoms with Gasteiger partial charge in [-0.1, -0.05) is 80.2 Å². The summed E-state index contributed by atoms with van der Waals surface area (Å²) in [6.45, 7) is 0. The quantitative estimate of drug-likeness (QED) is 0.413. The third-order valence-corrected chi connectivity index (χ3v) is 3.72. The van der Waals surface area contributed by atoms with Gasteiger partial charge >= 0.3 is 0 Å². The Morgan fingerprint density at radius 2 is 0.864 bits per heavy atom. The summed E-state index contributed by atoms with van der Waals surface area (Å²) in [6, 6.07) is 28.9. The number of hydrogen-bond acceptors (Lipinski definition) is 1. The van der Waals surface area contributed by atoms with Crippen molar-refractivity contribution in [3.63, 3.8) is 0 Å². The summed E-state index contributed by atoms with van der Waals surface area (Å²) < 4.78 is 6.20. The summed E-state index contributed by atoms with van der Waals surface area (Å²) in [6.07, 6.45) is 0. The van der Waals surface area contributed by atoms with E-state index in [0.29, 0.717) is 0 Å². The van der Waals surface area contributed by atoms with Crippen molar-refractivity contribution in [1.29, 1.82) is 0 Å². The van der Waals surface area contributed by atoms with Gasteiger partial charge in [0.05, 0.1) is 0 Å². The monoisotopic (exact) mass is 286 g/mol. The van der Waals surface area contributed by atoms with Crippen LogP contribution in [0.15, 0.2) is 84.9 Å². The van der Waals surface area contributed by atoms with E-state index in [-0.39, 0.29) is 7.43 Å². The molecular formula is C21H18O. The summed E-state index contributed by atoms with van der Waals surface area (Å²) in [5.41, 5.74) is 0. The summed E-state index contributed by atoms with van der Waals surface area (Å²) in [4.78, 5) is 0. The van der Waals surface area contributed by atoms with E-state index in [1.54, 1.807) is 0 Å². The van der Waals surface area contributed by atoms with E-state index in [1.165, 1.54) is 10.8 Å². The first kappa shape index (κ1) is 14.2. The molecule has 0 unspecified atom stereocenters. The van der Waals surface area contributed by atoms with Gasteiger partial charge in [-0.15, -0.1) is 0 Å². The fourth-order valence-corrected chi connectivity index (χ4v) is 2.69. The van der Waals surface area contributed by atoms with Crippen molar-refractivity contribution in [2.24, 2.45) is 0 Å². The third-order valence-electron chi connectivity index (χ3n) is 3.72. The molecule has 4 aromatic carbocycles. The second-order valence-corrected chi connectivity index (χ2v) is 5.06. The molecule has 0 aromatic heterocycles. The minimum absolute atomic E-state index is 0. The van der Waals surface area contributed by atoms with Crippen LogP contribution in [0.25, 0.3) is 21.5 Å². The van der Waals surface area contributed by atoms with E-state index >= 15 is 0 Å². The van der Waals surface area contributed by atoms with Gasteiger partial charge in [-0.25, -0.2) is 0 Å². The van der Waals surface area contributed by atoms with Gasteiger partial charge in [0.25, 0.3) is 0 Å². The predicted molar refractivity (Wildman–Crippen MR) is 94.7 cm³/mol. The summed E-state index contributed by atoms with van der Waals surface area (Å²) in [7, 11) is 0. The Bertz CT molecular complexity index is 837. The molecule has 22 heavy (non-hydrogen) atoms. The lowest BCUT2D eigenvalue weighted by atomic mass is 10.1. The van der Waals surface area contributed by atoms with E-state index in [1.807, 2.05) is 48.5 Å². The number of fused-ring (bicyclic) bond motifs is 2. The van der Waals surface area contributed by atoms with Crippen molar-refractivity contribution in [3.05, 3.63) is 84.9 Å². The minimum atomic E-state index is 0. The van der Waals surface area contributed by atoms with Crippen molar-refractivity contribution in [2.45, 2.75) is 7.43 Å². The second-order valence-electron chi connectivity index (χ2n) is 5.06. The fourth-order valence-electron chi connectivity index (χ4n) is 2.69. The maximum atomic E-state index is 6.20. The minimum Gasteiger partial charge on any atom is -0.456 e. The molecule has 4 rings (SSSR count). The van der Waals surface area contributed by atoms with Gasteiger partial charge in [-0.3, -0.25) is 0 Å². The normalized spacial score (nSPS) is 10.4. The topological polar surface area (TPSA) is 9.23 Å². The van der Waals surface area contributed by atoms with E-state index in [4.69, 9.17) is 4.74 Å². The van der Waals surface area contributed by atoms with Crippen molar-refractivity contribution < 1.29 is 4.74 Å². The zero-order valence-electron chi connectivity index (χ0n) is 11.5. The molecule has 4 aromatic rings. The van der Waals surface area contributed by atoms with Crippen LogP contribution in [0.5, 0.6) is 11.5 Å². The van der Waals surface area contributed by atoms with E-state index < -0.39 is 0 Å². The van der Waals surface area contributed by atoms with Crippen LogP contribution in [0, 0.1) is 0 Å². The first-order valence-electron chi connectivity index (χ1n) is 7.05. The summed E-state index contributed by atoms with van der Waals surface area (Å²) in [5, 5.41) is 4.64. The largest absolute Gasteiger partial charge is 0.456 e. The molecule has 0 amide bonds. The lowest BCUT2D eigenvalue weighted by Gasteiger charge is -2.11. The molecule has 0 fully saturated rings. The van der Waals surface area contributed by atoms with Crippen LogP contribution in [0.3, 0.4) is 0 Å². The highest BCUT2D eigenvalue weighted by Crippen LogP contribution is 2.33. The van der Waals surface area contributed by atoms with Crippen molar-refractivity contribution in [3.8, 4) is 11.5 Å². The Balaban J connectivity index is 0.00000144. The smallest absolute Gasteiger partial charge is 0.135 e. The molecule has 0 spiro atoms. The Morgan fingerprint density at radius 1 is 0.455 bits per heavy atom. The van der Waals surface area contributed by atoms with Gasteiger partial charge < -0.3 is 4.74 Å². The highest BCUT2D eigenvalue weighted by atomic mass is 16.5. The van der Waals surface area contributed by atoms with E-state index in [0.717, 1.165) is 22.3 Å². The van der Waals surface area contributed by atoms with Crippen LogP contribution in [-0.4, -0.2) is 0 Å². The van der Waals surface area contributed by atoms with Crippen LogP contribution in [0.2, 0.25) is 0 Å². The second kappa shape index (κ2) is 5.90. The van der Waals surface area contributed by atoms with Gasteiger partial charge in [-0.05, 0) is 22.9 Å². The van der Waals surface area contributed by atoms with Crippen LogP contribution < -0.4 is 4.74 Å². The lowest BCUT2D eigenvalue weighted by Crippen LogP contribution is -1.87. The number of hydrogen-bond donors (Lipinski definition) is 0. The third kappa shape index (κ3) is 2.42. The van der Waals surface area contributed by atoms with Gasteiger partial charge in [0.15, 0.2) is 0 Å². The molecule has 0 atom stereocenters. The molecule has 0 aliphatic carbocycles. The standard InChI is InChI=1S/C20H14O.CH4/c1-3-11-17-15(7-1)9-5-13-19(17)21-20-14-6-10-16-8-2-4-12-18(16)20;/h1-14H;1H4. The number of ether oxygens (including phenoxy) is 1. The molecule has 0 N–H and O–H groups in total. The maximum Gasteiger partial charge on any atom is 0.135 e. The first-order valence-corrected chi connectivity index (χ1v) is 7.05. The van der Waals surface area contributed by atoms with Crippen LogP contribution in [-0.2, 0) is 0 Å². The number of rotatable bonds is 2. The molecule has 0 saturated carbocycles. The van der Waals surface area contributed by atoms with Crippen LogP contribution >= 0.6 is 0 Å². The predicted octanol–water partition coefficient (Wildman–Crippen LogP) is 6.42. The molecule has 0 bridgehead atoms. The fraction of sp³-hybridized carbons (Fsp3) is 0.0476. The molecule has 0 aliphatic rings. The molecular weight excluding hydrogens is 268 g/mol. The molecule has 1 heteroatoms. The Labute approximate surface area is 130 Å². The van der Waals surface area contributed by atoms with Gasteiger partial charge in [0.2, 0.25) is 0 Å². The molecule has 0 radical (unpaired) electrons. The molecule has 1 nitrogen and oxygen atoms in total. The van der Waals surface area contributed by atoms with Gasteiger partial charge in [0.1, 0.15) is 11.5 Å². The summed E-state index contributed by atoms with van der Waals surface area (Å²) in [5.74, 6) is 1.79. The highest BCUT2D eigenvalue weighted by Gasteiger charge is 2.05. The summed E-state index contributed by atoms with van der Waals surface area (Å²) >= 11 is 0. The lowest BCUT2D eigenvalue weighted by molar-refractivity contribution is 0.494. The highest BCUT2D eigenvalue weighted by molar-refractivity contribution is 5.91. The van der Waals surface area contributed by atoms with Gasteiger partial charge in [-0.2, -0.15) is 0 Å². The van der Waals surface area contributed by atoms with E-state index in [9.17, 15) is 0 Å². The maximum absolute atomic E-state index is 6.20. The molecule has 0 saturated heterocycles. The van der Waals surface area contributed by atoms with Crippen molar-refractivity contribution >= 4 is 21.5 Å². The number of benzene rings is 4.